The predicted molar refractivity (Wildman–Crippen MR) is 80.0 cm³/mol. The van der Waals surface area contributed by atoms with Gasteiger partial charge < -0.3 is 9.05 Å². The Kier molecular flexibility index (Phi) is 5.96. The molecule has 0 spiro atoms. The van der Waals surface area contributed by atoms with Gasteiger partial charge in [-0.05, 0) is 26.0 Å². The van der Waals surface area contributed by atoms with Crippen LogP contribution in [0.15, 0.2) is 34.8 Å². The second-order valence-electron chi connectivity index (χ2n) is 3.83. The highest BCUT2D eigenvalue weighted by Crippen LogP contribution is 2.62. The van der Waals surface area contributed by atoms with E-state index in [-0.39, 0.29) is 12.2 Å². The summed E-state index contributed by atoms with van der Waals surface area (Å²) in [6, 6.07) is 0. The van der Waals surface area contributed by atoms with Crippen molar-refractivity contribution in [3.63, 3.8) is 0 Å². The van der Waals surface area contributed by atoms with E-state index in [1.807, 2.05) is 13.8 Å². The molecule has 0 fully saturated rings. The molecule has 0 aromatic carbocycles. The van der Waals surface area contributed by atoms with E-state index in [4.69, 9.17) is 54.0 Å². The molecule has 0 radical (unpaired) electrons. The van der Waals surface area contributed by atoms with Crippen molar-refractivity contribution in [3.05, 3.63) is 34.8 Å². The first-order chi connectivity index (χ1) is 8.48. The SMILES string of the molecule is CC(C)=C1CC(OP(=O)(Cl)Cl)=CC=C1OP(=O)(Cl)Cl. The first-order valence-corrected chi connectivity index (χ1v) is 11.8. The number of hydrogen-bond donors (Lipinski definition) is 0. The Morgan fingerprint density at radius 2 is 1.58 bits per heavy atom. The topological polar surface area (TPSA) is 52.6 Å². The van der Waals surface area contributed by atoms with Gasteiger partial charge in [0.2, 0.25) is 0 Å². The largest absolute Gasteiger partial charge is 0.428 e. The van der Waals surface area contributed by atoms with Crippen molar-refractivity contribution < 1.29 is 18.2 Å². The van der Waals surface area contributed by atoms with Crippen LogP contribution in [0.1, 0.15) is 20.3 Å². The highest BCUT2D eigenvalue weighted by molar-refractivity contribution is 8.05. The van der Waals surface area contributed by atoms with Crippen LogP contribution in [0.25, 0.3) is 0 Å². The van der Waals surface area contributed by atoms with Crippen molar-refractivity contribution in [2.45, 2.75) is 20.3 Å². The Morgan fingerprint density at radius 1 is 1.05 bits per heavy atom. The minimum atomic E-state index is -3.71. The Balaban J connectivity index is 3.06. The van der Waals surface area contributed by atoms with Crippen molar-refractivity contribution in [2.75, 3.05) is 0 Å². The number of rotatable bonds is 4. The molecule has 0 unspecified atom stereocenters. The van der Waals surface area contributed by atoms with Crippen molar-refractivity contribution in [2.24, 2.45) is 0 Å². The Hall–Kier alpha value is 0.440. The van der Waals surface area contributed by atoms with Gasteiger partial charge in [0, 0.05) is 57.0 Å². The molecule has 0 aliphatic heterocycles. The Morgan fingerprint density at radius 3 is 2.00 bits per heavy atom. The van der Waals surface area contributed by atoms with Gasteiger partial charge >= 0.3 is 12.1 Å². The maximum absolute atomic E-state index is 11.3. The van der Waals surface area contributed by atoms with Crippen LogP contribution in [0.2, 0.25) is 0 Å². The molecule has 19 heavy (non-hydrogen) atoms. The van der Waals surface area contributed by atoms with Crippen LogP contribution in [0.3, 0.4) is 0 Å². The third-order valence-electron chi connectivity index (χ3n) is 2.10. The van der Waals surface area contributed by atoms with Crippen LogP contribution in [-0.2, 0) is 18.2 Å². The van der Waals surface area contributed by atoms with Crippen LogP contribution in [0, 0.1) is 0 Å². The predicted octanol–water partition coefficient (Wildman–Crippen LogP) is 6.70. The molecule has 0 bridgehead atoms. The minimum absolute atomic E-state index is 0.228. The smallest absolute Gasteiger partial charge is 0.426 e. The second-order valence-corrected chi connectivity index (χ2v) is 12.2. The molecule has 10 heteroatoms. The fourth-order valence-electron chi connectivity index (χ4n) is 1.41. The van der Waals surface area contributed by atoms with Crippen LogP contribution in [0.5, 0.6) is 0 Å². The van der Waals surface area contributed by atoms with E-state index in [1.165, 1.54) is 12.2 Å². The fourth-order valence-corrected chi connectivity index (χ4v) is 3.19. The molecule has 0 saturated heterocycles. The number of hydrogen-bond acceptors (Lipinski definition) is 4. The summed E-state index contributed by atoms with van der Waals surface area (Å²) in [4.78, 5) is 0. The van der Waals surface area contributed by atoms with E-state index in [0.29, 0.717) is 11.3 Å². The van der Waals surface area contributed by atoms with Gasteiger partial charge in [-0.15, -0.1) is 0 Å². The molecule has 0 heterocycles. The molecule has 0 amide bonds. The minimum Gasteiger partial charge on any atom is -0.426 e. The van der Waals surface area contributed by atoms with Crippen LogP contribution in [-0.4, -0.2) is 0 Å². The van der Waals surface area contributed by atoms with E-state index >= 15 is 0 Å². The van der Waals surface area contributed by atoms with Crippen molar-refractivity contribution in [3.8, 4) is 0 Å². The van der Waals surface area contributed by atoms with Gasteiger partial charge in [-0.2, -0.15) is 0 Å². The Labute approximate surface area is 130 Å². The molecule has 0 aromatic rings. The van der Waals surface area contributed by atoms with Crippen LogP contribution >= 0.6 is 57.1 Å². The van der Waals surface area contributed by atoms with E-state index in [0.717, 1.165) is 5.57 Å². The zero-order valence-corrected chi connectivity index (χ0v) is 14.7. The van der Waals surface area contributed by atoms with Crippen LogP contribution in [0.4, 0.5) is 0 Å². The summed E-state index contributed by atoms with van der Waals surface area (Å²) < 4.78 is 32.4. The third-order valence-corrected chi connectivity index (χ3v) is 3.79. The first-order valence-electron chi connectivity index (χ1n) is 4.93. The molecule has 4 nitrogen and oxygen atoms in total. The summed E-state index contributed by atoms with van der Waals surface area (Å²) in [5.74, 6) is 0.565. The molecule has 0 aromatic heterocycles. The lowest BCUT2D eigenvalue weighted by Gasteiger charge is -2.21. The van der Waals surface area contributed by atoms with Crippen molar-refractivity contribution >= 4 is 57.1 Å². The molecule has 1 rings (SSSR count). The highest BCUT2D eigenvalue weighted by Gasteiger charge is 2.26. The van der Waals surface area contributed by atoms with Gasteiger partial charge in [-0.1, -0.05) is 5.57 Å². The fraction of sp³-hybridized carbons (Fsp3) is 0.333. The number of halogens is 4. The van der Waals surface area contributed by atoms with Gasteiger partial charge in [0.1, 0.15) is 11.5 Å². The zero-order valence-electron chi connectivity index (χ0n) is 9.90. The summed E-state index contributed by atoms with van der Waals surface area (Å²) in [6.45, 7) is 3.62. The lowest BCUT2D eigenvalue weighted by atomic mass is 10.00. The highest BCUT2D eigenvalue weighted by atomic mass is 35.9. The summed E-state index contributed by atoms with van der Waals surface area (Å²) in [5.41, 5.74) is 1.52. The number of allylic oxidation sites excluding steroid dienone is 5. The second kappa shape index (κ2) is 6.47. The summed E-state index contributed by atoms with van der Waals surface area (Å²) in [7, 11) is 0. The average molecular weight is 386 g/mol. The molecule has 1 aliphatic carbocycles. The van der Waals surface area contributed by atoms with E-state index in [1.54, 1.807) is 0 Å². The summed E-state index contributed by atoms with van der Waals surface area (Å²) in [5, 5.41) is 0. The average Bonchev–Trinajstić information content (AvgIpc) is 2.15. The van der Waals surface area contributed by atoms with Crippen molar-refractivity contribution in [1.82, 2.24) is 0 Å². The third kappa shape index (κ3) is 6.62. The summed E-state index contributed by atoms with van der Waals surface area (Å²) >= 11 is 21.4. The zero-order chi connectivity index (χ0) is 14.8. The normalized spacial score (nSPS) is 16.6. The standard InChI is InChI=1S/C9H10Cl4O4P2/c1-6(2)8-5-7(16-18(10,11)14)3-4-9(8)17-19(12,13)15/h3-4H,5H2,1-2H3. The molecule has 0 saturated carbocycles. The van der Waals surface area contributed by atoms with Gasteiger partial charge in [0.25, 0.3) is 0 Å². The maximum Gasteiger partial charge on any atom is 0.428 e. The molecular weight excluding hydrogens is 376 g/mol. The van der Waals surface area contributed by atoms with Crippen molar-refractivity contribution in [1.29, 1.82) is 0 Å². The van der Waals surface area contributed by atoms with Crippen LogP contribution < -0.4 is 0 Å². The Bertz CT molecular complexity index is 551. The molecule has 0 atom stereocenters. The van der Waals surface area contributed by atoms with Gasteiger partial charge in [-0.3, -0.25) is 0 Å². The molecule has 0 N–H and O–H groups in total. The monoisotopic (exact) mass is 384 g/mol. The maximum atomic E-state index is 11.3. The molecule has 1 aliphatic rings. The van der Waals surface area contributed by atoms with Gasteiger partial charge in [0.15, 0.2) is 0 Å². The van der Waals surface area contributed by atoms with Gasteiger partial charge in [-0.25, -0.2) is 9.13 Å². The molecular formula is C9H10Cl4O4P2. The summed E-state index contributed by atoms with van der Waals surface area (Å²) in [6.07, 6.45) is -4.26. The van der Waals surface area contributed by atoms with Gasteiger partial charge in [0.05, 0.1) is 0 Å². The van der Waals surface area contributed by atoms with E-state index < -0.39 is 12.1 Å². The lowest BCUT2D eigenvalue weighted by Crippen LogP contribution is -2.02. The molecule has 108 valence electrons. The lowest BCUT2D eigenvalue weighted by molar-refractivity contribution is 0.399. The first kappa shape index (κ1) is 17.5. The quantitative estimate of drug-likeness (QED) is 0.505. The van der Waals surface area contributed by atoms with E-state index in [9.17, 15) is 9.13 Å². The van der Waals surface area contributed by atoms with E-state index in [2.05, 4.69) is 0 Å².